The molecule has 3 heteroatoms. The number of nitrogens with zero attached hydrogens (tertiary/aromatic N) is 1. The maximum absolute atomic E-state index is 12.9. The van der Waals surface area contributed by atoms with Crippen molar-refractivity contribution in [3.05, 3.63) is 54.1 Å². The Morgan fingerprint density at radius 2 is 2.00 bits per heavy atom. The van der Waals surface area contributed by atoms with E-state index < -0.39 is 5.95 Å². The van der Waals surface area contributed by atoms with Crippen molar-refractivity contribution < 1.29 is 9.50 Å². The van der Waals surface area contributed by atoms with Crippen LogP contribution in [-0.4, -0.2) is 10.1 Å². The van der Waals surface area contributed by atoms with Gasteiger partial charge in [0.1, 0.15) is 0 Å². The second-order valence-electron chi connectivity index (χ2n) is 3.18. The summed E-state index contributed by atoms with van der Waals surface area (Å²) in [6.45, 7) is -0.0554. The average molecular weight is 203 g/mol. The number of pyridine rings is 1. The molecule has 0 radical (unpaired) electrons. The van der Waals surface area contributed by atoms with Crippen LogP contribution >= 0.6 is 0 Å². The van der Waals surface area contributed by atoms with Gasteiger partial charge in [-0.3, -0.25) is 0 Å². The number of halogens is 1. The van der Waals surface area contributed by atoms with Crippen LogP contribution in [0, 0.1) is 5.95 Å². The lowest BCUT2D eigenvalue weighted by molar-refractivity contribution is 0.282. The first-order valence-electron chi connectivity index (χ1n) is 4.62. The van der Waals surface area contributed by atoms with Crippen molar-refractivity contribution in [2.75, 3.05) is 0 Å². The minimum atomic E-state index is -0.514. The molecule has 0 spiro atoms. The van der Waals surface area contributed by atoms with E-state index >= 15 is 0 Å². The molecule has 1 heterocycles. The number of rotatable bonds is 2. The molecule has 0 unspecified atom stereocenters. The van der Waals surface area contributed by atoms with E-state index in [2.05, 4.69) is 4.98 Å². The molecule has 1 N–H and O–H groups in total. The number of hydrogen-bond donors (Lipinski definition) is 1. The molecular weight excluding hydrogens is 193 g/mol. The fourth-order valence-corrected chi connectivity index (χ4v) is 1.51. The van der Waals surface area contributed by atoms with Crippen molar-refractivity contribution in [3.8, 4) is 11.1 Å². The van der Waals surface area contributed by atoms with Crippen molar-refractivity contribution in [1.82, 2.24) is 4.98 Å². The highest BCUT2D eigenvalue weighted by atomic mass is 19.1. The first-order chi connectivity index (χ1) is 7.31. The third-order valence-electron chi connectivity index (χ3n) is 2.23. The molecule has 0 atom stereocenters. The molecule has 2 rings (SSSR count). The summed E-state index contributed by atoms with van der Waals surface area (Å²) < 4.78 is 12.9. The molecule has 0 saturated carbocycles. The van der Waals surface area contributed by atoms with Gasteiger partial charge in [0.25, 0.3) is 0 Å². The molecule has 2 nitrogen and oxygen atoms in total. The lowest BCUT2D eigenvalue weighted by Gasteiger charge is -2.06. The van der Waals surface area contributed by atoms with E-state index in [1.54, 1.807) is 6.07 Å². The monoisotopic (exact) mass is 203 g/mol. The molecule has 2 aromatic rings. The minimum Gasteiger partial charge on any atom is -0.392 e. The maximum Gasteiger partial charge on any atom is 0.213 e. The van der Waals surface area contributed by atoms with Gasteiger partial charge in [-0.25, -0.2) is 4.98 Å². The van der Waals surface area contributed by atoms with Crippen molar-refractivity contribution in [2.24, 2.45) is 0 Å². The summed E-state index contributed by atoms with van der Waals surface area (Å²) in [4.78, 5) is 3.49. The van der Waals surface area contributed by atoms with Gasteiger partial charge >= 0.3 is 0 Å². The Balaban J connectivity index is 2.53. The summed E-state index contributed by atoms with van der Waals surface area (Å²) in [5, 5.41) is 9.14. The number of aliphatic hydroxyl groups excluding tert-OH is 1. The molecule has 1 aromatic carbocycles. The van der Waals surface area contributed by atoms with Crippen molar-refractivity contribution in [3.63, 3.8) is 0 Å². The second kappa shape index (κ2) is 4.19. The smallest absolute Gasteiger partial charge is 0.213 e. The van der Waals surface area contributed by atoms with Crippen LogP contribution in [0.5, 0.6) is 0 Å². The zero-order valence-corrected chi connectivity index (χ0v) is 8.02. The van der Waals surface area contributed by atoms with Crippen molar-refractivity contribution >= 4 is 0 Å². The number of aliphatic hydroxyl groups is 1. The van der Waals surface area contributed by atoms with E-state index in [-0.39, 0.29) is 6.61 Å². The molecule has 1 aromatic heterocycles. The van der Waals surface area contributed by atoms with E-state index in [4.69, 9.17) is 5.11 Å². The molecule has 15 heavy (non-hydrogen) atoms. The largest absolute Gasteiger partial charge is 0.392 e. The Bertz CT molecular complexity index is 471. The molecule has 0 amide bonds. The second-order valence-corrected chi connectivity index (χ2v) is 3.18. The van der Waals surface area contributed by atoms with Crippen LogP contribution in [0.4, 0.5) is 4.39 Å². The summed E-state index contributed by atoms with van der Waals surface area (Å²) in [5.74, 6) is -0.514. The van der Waals surface area contributed by atoms with Gasteiger partial charge in [0, 0.05) is 12.3 Å². The Kier molecular flexibility index (Phi) is 2.74. The Morgan fingerprint density at radius 1 is 1.20 bits per heavy atom. The maximum atomic E-state index is 12.9. The molecule has 0 aliphatic heterocycles. The van der Waals surface area contributed by atoms with E-state index in [1.807, 2.05) is 24.3 Å². The summed E-state index contributed by atoms with van der Waals surface area (Å²) >= 11 is 0. The predicted molar refractivity (Wildman–Crippen MR) is 55.6 cm³/mol. The molecule has 76 valence electrons. The van der Waals surface area contributed by atoms with Crippen LogP contribution in [0.25, 0.3) is 11.1 Å². The van der Waals surface area contributed by atoms with Crippen LogP contribution in [-0.2, 0) is 6.61 Å². The van der Waals surface area contributed by atoms with E-state index in [0.717, 1.165) is 16.7 Å². The highest BCUT2D eigenvalue weighted by molar-refractivity contribution is 5.66. The van der Waals surface area contributed by atoms with Gasteiger partial charge in [-0.2, -0.15) is 4.39 Å². The van der Waals surface area contributed by atoms with Crippen molar-refractivity contribution in [1.29, 1.82) is 0 Å². The van der Waals surface area contributed by atoms with Crippen LogP contribution in [0.2, 0.25) is 0 Å². The van der Waals surface area contributed by atoms with Crippen molar-refractivity contribution in [2.45, 2.75) is 6.61 Å². The quantitative estimate of drug-likeness (QED) is 0.760. The first-order valence-corrected chi connectivity index (χ1v) is 4.62. The van der Waals surface area contributed by atoms with Gasteiger partial charge in [0.05, 0.1) is 6.61 Å². The van der Waals surface area contributed by atoms with Crippen LogP contribution < -0.4 is 0 Å². The Hall–Kier alpha value is -1.74. The number of benzene rings is 1. The van der Waals surface area contributed by atoms with E-state index in [9.17, 15) is 4.39 Å². The van der Waals surface area contributed by atoms with E-state index in [0.29, 0.717) is 0 Å². The van der Waals surface area contributed by atoms with Gasteiger partial charge in [-0.1, -0.05) is 24.3 Å². The molecule has 0 bridgehead atoms. The predicted octanol–water partition coefficient (Wildman–Crippen LogP) is 2.38. The lowest BCUT2D eigenvalue weighted by Crippen LogP contribution is -1.90. The first kappa shape index (κ1) is 9.80. The molecule has 0 saturated heterocycles. The van der Waals surface area contributed by atoms with Crippen LogP contribution in [0.1, 0.15) is 5.56 Å². The number of aromatic nitrogens is 1. The standard InChI is InChI=1S/C12H10FNO/c13-12-7-9(5-6-14-12)11-4-2-1-3-10(11)8-15/h1-7,15H,8H2. The molecule has 0 aliphatic rings. The zero-order valence-electron chi connectivity index (χ0n) is 8.02. The van der Waals surface area contributed by atoms with Gasteiger partial charge in [0.15, 0.2) is 0 Å². The van der Waals surface area contributed by atoms with Gasteiger partial charge in [-0.15, -0.1) is 0 Å². The number of hydrogen-bond acceptors (Lipinski definition) is 2. The fraction of sp³-hybridized carbons (Fsp3) is 0.0833. The summed E-state index contributed by atoms with van der Waals surface area (Å²) in [6.07, 6.45) is 1.42. The zero-order chi connectivity index (χ0) is 10.7. The third kappa shape index (κ3) is 2.02. The molecule has 0 fully saturated rings. The summed E-state index contributed by atoms with van der Waals surface area (Å²) in [7, 11) is 0. The van der Waals surface area contributed by atoms with Gasteiger partial charge in [-0.05, 0) is 22.8 Å². The molecular formula is C12H10FNO. The molecule has 0 aliphatic carbocycles. The van der Waals surface area contributed by atoms with Gasteiger partial charge < -0.3 is 5.11 Å². The normalized spacial score (nSPS) is 10.3. The third-order valence-corrected chi connectivity index (χ3v) is 2.23. The highest BCUT2D eigenvalue weighted by Crippen LogP contribution is 2.23. The van der Waals surface area contributed by atoms with Crippen LogP contribution in [0.3, 0.4) is 0 Å². The topological polar surface area (TPSA) is 33.1 Å². The fourth-order valence-electron chi connectivity index (χ4n) is 1.51. The minimum absolute atomic E-state index is 0.0554. The summed E-state index contributed by atoms with van der Waals surface area (Å²) in [6, 6.07) is 10.4. The van der Waals surface area contributed by atoms with Gasteiger partial charge in [0.2, 0.25) is 5.95 Å². The SMILES string of the molecule is OCc1ccccc1-c1ccnc(F)c1. The van der Waals surface area contributed by atoms with Crippen LogP contribution in [0.15, 0.2) is 42.6 Å². The van der Waals surface area contributed by atoms with E-state index in [1.165, 1.54) is 12.3 Å². The highest BCUT2D eigenvalue weighted by Gasteiger charge is 2.04. The lowest BCUT2D eigenvalue weighted by atomic mass is 10.0. The average Bonchev–Trinajstić information content (AvgIpc) is 2.29. The Morgan fingerprint density at radius 3 is 2.73 bits per heavy atom. The summed E-state index contributed by atoms with van der Waals surface area (Å²) in [5.41, 5.74) is 2.34. The Labute approximate surface area is 87.0 Å².